The number of hydrogen-bond donors (Lipinski definition) is 0. The standard InChI is InChI=1S/C14H11BrFNO4/c1-8-5-9(3-4-10(8)15)21-14-7-13(20-2)11(16)6-12(14)17(18)19/h3-7H,1-2H3. The van der Waals surface area contributed by atoms with Gasteiger partial charge in [-0.15, -0.1) is 0 Å². The maximum absolute atomic E-state index is 13.6. The predicted molar refractivity (Wildman–Crippen MR) is 78.6 cm³/mol. The normalized spacial score (nSPS) is 10.3. The number of nitro groups is 1. The number of halogens is 2. The Morgan fingerprint density at radius 3 is 2.52 bits per heavy atom. The second-order valence-electron chi connectivity index (χ2n) is 4.22. The summed E-state index contributed by atoms with van der Waals surface area (Å²) < 4.78 is 24.8. The molecule has 0 saturated heterocycles. The van der Waals surface area contributed by atoms with E-state index in [9.17, 15) is 14.5 Å². The lowest BCUT2D eigenvalue weighted by Crippen LogP contribution is -1.97. The van der Waals surface area contributed by atoms with Gasteiger partial charge < -0.3 is 9.47 Å². The quantitative estimate of drug-likeness (QED) is 0.593. The minimum atomic E-state index is -0.816. The van der Waals surface area contributed by atoms with Gasteiger partial charge in [0.25, 0.3) is 0 Å². The molecule has 2 aromatic rings. The number of nitro benzene ring substituents is 1. The highest BCUT2D eigenvalue weighted by Gasteiger charge is 2.21. The minimum absolute atomic E-state index is 0.0834. The fourth-order valence-electron chi connectivity index (χ4n) is 1.71. The van der Waals surface area contributed by atoms with E-state index in [1.807, 2.05) is 6.92 Å². The number of methoxy groups -OCH3 is 1. The molecule has 2 rings (SSSR count). The van der Waals surface area contributed by atoms with Crippen molar-refractivity contribution < 1.29 is 18.8 Å². The SMILES string of the molecule is COc1cc(Oc2ccc(Br)c(C)c2)c([N+](=O)[O-])cc1F. The van der Waals surface area contributed by atoms with Crippen molar-refractivity contribution in [3.05, 3.63) is 56.3 Å². The van der Waals surface area contributed by atoms with Crippen LogP contribution in [0.1, 0.15) is 5.56 Å². The van der Waals surface area contributed by atoms with Crippen LogP contribution in [-0.2, 0) is 0 Å². The summed E-state index contributed by atoms with van der Waals surface area (Å²) in [5, 5.41) is 11.0. The third kappa shape index (κ3) is 3.30. The highest BCUT2D eigenvalue weighted by atomic mass is 79.9. The molecule has 2 aromatic carbocycles. The van der Waals surface area contributed by atoms with Crippen molar-refractivity contribution in [2.24, 2.45) is 0 Å². The van der Waals surface area contributed by atoms with Crippen molar-refractivity contribution in [2.75, 3.05) is 7.11 Å². The second kappa shape index (κ2) is 6.09. The molecule has 0 radical (unpaired) electrons. The molecule has 0 atom stereocenters. The number of rotatable bonds is 4. The van der Waals surface area contributed by atoms with Crippen molar-refractivity contribution in [1.82, 2.24) is 0 Å². The van der Waals surface area contributed by atoms with Gasteiger partial charge in [0.1, 0.15) is 5.75 Å². The van der Waals surface area contributed by atoms with Gasteiger partial charge in [0.15, 0.2) is 11.6 Å². The maximum Gasteiger partial charge on any atom is 0.314 e. The first kappa shape index (κ1) is 15.2. The average molecular weight is 356 g/mol. The molecule has 0 spiro atoms. The van der Waals surface area contributed by atoms with Crippen LogP contribution in [0.25, 0.3) is 0 Å². The van der Waals surface area contributed by atoms with Gasteiger partial charge in [0.05, 0.1) is 18.1 Å². The Kier molecular flexibility index (Phi) is 4.42. The number of ether oxygens (including phenoxy) is 2. The number of nitrogens with zero attached hydrogens (tertiary/aromatic N) is 1. The molecule has 0 amide bonds. The van der Waals surface area contributed by atoms with Crippen molar-refractivity contribution in [3.63, 3.8) is 0 Å². The molecular formula is C14H11BrFNO4. The Morgan fingerprint density at radius 2 is 1.95 bits per heavy atom. The summed E-state index contributed by atoms with van der Waals surface area (Å²) >= 11 is 3.35. The van der Waals surface area contributed by atoms with E-state index in [1.165, 1.54) is 7.11 Å². The van der Waals surface area contributed by atoms with Crippen LogP contribution in [0.4, 0.5) is 10.1 Å². The Hall–Kier alpha value is -2.15. The summed E-state index contributed by atoms with van der Waals surface area (Å²) in [6, 6.07) is 7.06. The fraction of sp³-hybridized carbons (Fsp3) is 0.143. The van der Waals surface area contributed by atoms with Crippen LogP contribution in [0.3, 0.4) is 0 Å². The number of hydrogen-bond acceptors (Lipinski definition) is 4. The van der Waals surface area contributed by atoms with E-state index >= 15 is 0 Å². The fourth-order valence-corrected chi connectivity index (χ4v) is 1.96. The molecule has 0 N–H and O–H groups in total. The molecule has 0 heterocycles. The van der Waals surface area contributed by atoms with Crippen LogP contribution in [0.15, 0.2) is 34.8 Å². The first-order valence-electron chi connectivity index (χ1n) is 5.88. The van der Waals surface area contributed by atoms with Gasteiger partial charge in [-0.3, -0.25) is 10.1 Å². The van der Waals surface area contributed by atoms with Crippen molar-refractivity contribution in [3.8, 4) is 17.2 Å². The maximum atomic E-state index is 13.6. The van der Waals surface area contributed by atoms with Gasteiger partial charge in [-0.2, -0.15) is 0 Å². The summed E-state index contributed by atoms with van der Waals surface area (Å²) in [6.45, 7) is 1.86. The summed E-state index contributed by atoms with van der Waals surface area (Å²) in [4.78, 5) is 10.3. The smallest absolute Gasteiger partial charge is 0.314 e. The second-order valence-corrected chi connectivity index (χ2v) is 5.08. The third-order valence-electron chi connectivity index (χ3n) is 2.79. The number of benzene rings is 2. The van der Waals surface area contributed by atoms with Gasteiger partial charge in [0.2, 0.25) is 5.75 Å². The average Bonchev–Trinajstić information content (AvgIpc) is 2.44. The Morgan fingerprint density at radius 1 is 1.24 bits per heavy atom. The Balaban J connectivity index is 2.46. The predicted octanol–water partition coefficient (Wildman–Crippen LogP) is 4.61. The van der Waals surface area contributed by atoms with Crippen LogP contribution in [0.5, 0.6) is 17.2 Å². The molecule has 7 heteroatoms. The molecule has 0 aromatic heterocycles. The first-order valence-corrected chi connectivity index (χ1v) is 6.67. The lowest BCUT2D eigenvalue weighted by Gasteiger charge is -2.10. The minimum Gasteiger partial charge on any atom is -0.494 e. The largest absolute Gasteiger partial charge is 0.494 e. The van der Waals surface area contributed by atoms with Gasteiger partial charge in [-0.05, 0) is 30.7 Å². The summed E-state index contributed by atoms with van der Waals surface area (Å²) in [6.07, 6.45) is 0. The Bertz CT molecular complexity index is 706. The van der Waals surface area contributed by atoms with E-state index in [0.717, 1.165) is 22.2 Å². The lowest BCUT2D eigenvalue weighted by molar-refractivity contribution is -0.385. The first-order chi connectivity index (χ1) is 9.92. The molecular weight excluding hydrogens is 345 g/mol. The van der Waals surface area contributed by atoms with Crippen LogP contribution in [0.2, 0.25) is 0 Å². The van der Waals surface area contributed by atoms with E-state index in [0.29, 0.717) is 5.75 Å². The highest BCUT2D eigenvalue weighted by molar-refractivity contribution is 9.10. The molecule has 0 aliphatic rings. The van der Waals surface area contributed by atoms with Crippen molar-refractivity contribution in [2.45, 2.75) is 6.92 Å². The summed E-state index contributed by atoms with van der Waals surface area (Å²) in [5.74, 6) is -0.611. The summed E-state index contributed by atoms with van der Waals surface area (Å²) in [5.41, 5.74) is 0.443. The molecule has 0 bridgehead atoms. The van der Waals surface area contributed by atoms with E-state index in [1.54, 1.807) is 18.2 Å². The highest BCUT2D eigenvalue weighted by Crippen LogP contribution is 2.37. The molecule has 0 saturated carbocycles. The van der Waals surface area contributed by atoms with Crippen LogP contribution >= 0.6 is 15.9 Å². The van der Waals surface area contributed by atoms with Gasteiger partial charge in [0, 0.05) is 10.5 Å². The molecule has 0 aliphatic heterocycles. The zero-order valence-corrected chi connectivity index (χ0v) is 12.8. The van der Waals surface area contributed by atoms with Gasteiger partial charge in [-0.25, -0.2) is 4.39 Å². The molecule has 110 valence electrons. The van der Waals surface area contributed by atoms with Gasteiger partial charge >= 0.3 is 5.69 Å². The monoisotopic (exact) mass is 355 g/mol. The topological polar surface area (TPSA) is 61.6 Å². The summed E-state index contributed by atoms with van der Waals surface area (Å²) in [7, 11) is 1.28. The van der Waals surface area contributed by atoms with E-state index < -0.39 is 16.4 Å². The van der Waals surface area contributed by atoms with E-state index in [2.05, 4.69) is 15.9 Å². The molecule has 21 heavy (non-hydrogen) atoms. The van der Waals surface area contributed by atoms with Crippen molar-refractivity contribution in [1.29, 1.82) is 0 Å². The Labute approximate surface area is 128 Å². The van der Waals surface area contributed by atoms with E-state index in [-0.39, 0.29) is 11.5 Å². The molecule has 0 fully saturated rings. The number of aryl methyl sites for hydroxylation is 1. The molecule has 5 nitrogen and oxygen atoms in total. The lowest BCUT2D eigenvalue weighted by atomic mass is 10.2. The van der Waals surface area contributed by atoms with E-state index in [4.69, 9.17) is 9.47 Å². The zero-order valence-electron chi connectivity index (χ0n) is 11.2. The molecule has 0 unspecified atom stereocenters. The van der Waals surface area contributed by atoms with Gasteiger partial charge in [-0.1, -0.05) is 15.9 Å². The molecule has 0 aliphatic carbocycles. The third-order valence-corrected chi connectivity index (χ3v) is 3.68. The van der Waals surface area contributed by atoms with Crippen LogP contribution < -0.4 is 9.47 Å². The van der Waals surface area contributed by atoms with Crippen LogP contribution in [-0.4, -0.2) is 12.0 Å². The van der Waals surface area contributed by atoms with Crippen molar-refractivity contribution >= 4 is 21.6 Å². The zero-order chi connectivity index (χ0) is 15.6. The van der Waals surface area contributed by atoms with Crippen LogP contribution in [0, 0.1) is 22.9 Å².